The van der Waals surface area contributed by atoms with E-state index in [-0.39, 0.29) is 5.92 Å². The fraction of sp³-hybridized carbons (Fsp3) is 0.500. The van der Waals surface area contributed by atoms with Gasteiger partial charge in [-0.15, -0.1) is 10.2 Å². The number of carbonyl (C=O) groups excluding carboxylic acids is 1. The Bertz CT molecular complexity index is 709. The summed E-state index contributed by atoms with van der Waals surface area (Å²) in [5.41, 5.74) is 1.96. The van der Waals surface area contributed by atoms with Crippen molar-refractivity contribution in [2.24, 2.45) is 5.92 Å². The SMILES string of the molecule is CCCCN(CC)C(=O)C1CCN(c2ccc(-c3ccccc3)nn2)CC1. The molecule has 1 aromatic carbocycles. The van der Waals surface area contributed by atoms with E-state index in [1.54, 1.807) is 0 Å². The number of carbonyl (C=O) groups is 1. The van der Waals surface area contributed by atoms with Crippen LogP contribution in [0.2, 0.25) is 0 Å². The lowest BCUT2D eigenvalue weighted by molar-refractivity contribution is -0.136. The summed E-state index contributed by atoms with van der Waals surface area (Å²) in [6.07, 6.45) is 3.99. The van der Waals surface area contributed by atoms with Gasteiger partial charge in [0.15, 0.2) is 5.82 Å². The maximum absolute atomic E-state index is 12.8. The molecule has 1 aromatic heterocycles. The van der Waals surface area contributed by atoms with Crippen LogP contribution in [0.1, 0.15) is 39.5 Å². The Kier molecular flexibility index (Phi) is 6.80. The molecule has 0 unspecified atom stereocenters. The van der Waals surface area contributed by atoms with Crippen molar-refractivity contribution >= 4 is 11.7 Å². The molecule has 0 bridgehead atoms. The minimum Gasteiger partial charge on any atom is -0.355 e. The van der Waals surface area contributed by atoms with Crippen LogP contribution in [0.3, 0.4) is 0 Å². The van der Waals surface area contributed by atoms with Gasteiger partial charge in [0.2, 0.25) is 5.91 Å². The summed E-state index contributed by atoms with van der Waals surface area (Å²) in [6, 6.07) is 14.2. The molecule has 144 valence electrons. The molecule has 27 heavy (non-hydrogen) atoms. The Hall–Kier alpha value is -2.43. The molecule has 1 fully saturated rings. The van der Waals surface area contributed by atoms with Crippen LogP contribution in [0.5, 0.6) is 0 Å². The van der Waals surface area contributed by atoms with Gasteiger partial charge in [-0.3, -0.25) is 4.79 Å². The van der Waals surface area contributed by atoms with E-state index >= 15 is 0 Å². The first-order chi connectivity index (χ1) is 13.2. The molecule has 0 aliphatic carbocycles. The lowest BCUT2D eigenvalue weighted by Gasteiger charge is -2.34. The Labute approximate surface area is 162 Å². The summed E-state index contributed by atoms with van der Waals surface area (Å²) >= 11 is 0. The first-order valence-electron chi connectivity index (χ1n) is 10.2. The smallest absolute Gasteiger partial charge is 0.225 e. The standard InChI is InChI=1S/C22H30N4O/c1-3-5-15-25(4-2)22(27)19-13-16-26(17-14-19)21-12-11-20(23-24-21)18-9-7-6-8-10-18/h6-12,19H,3-5,13-17H2,1-2H3. The topological polar surface area (TPSA) is 49.3 Å². The first-order valence-corrected chi connectivity index (χ1v) is 10.2. The predicted molar refractivity (Wildman–Crippen MR) is 110 cm³/mol. The van der Waals surface area contributed by atoms with Crippen LogP contribution in [-0.2, 0) is 4.79 Å². The van der Waals surface area contributed by atoms with Crippen molar-refractivity contribution in [1.29, 1.82) is 0 Å². The molecule has 1 aliphatic heterocycles. The summed E-state index contributed by atoms with van der Waals surface area (Å²) in [7, 11) is 0. The van der Waals surface area contributed by atoms with E-state index in [1.807, 2.05) is 47.4 Å². The van der Waals surface area contributed by atoms with Crippen LogP contribution in [-0.4, -0.2) is 47.2 Å². The molecule has 1 aliphatic rings. The number of aromatic nitrogens is 2. The Balaban J connectivity index is 1.56. The number of amides is 1. The highest BCUT2D eigenvalue weighted by Crippen LogP contribution is 2.24. The van der Waals surface area contributed by atoms with Gasteiger partial charge in [0, 0.05) is 37.7 Å². The van der Waals surface area contributed by atoms with Crippen molar-refractivity contribution in [2.75, 3.05) is 31.1 Å². The van der Waals surface area contributed by atoms with Gasteiger partial charge in [-0.05, 0) is 38.3 Å². The van der Waals surface area contributed by atoms with E-state index in [4.69, 9.17) is 0 Å². The molecule has 0 atom stereocenters. The molecule has 3 rings (SSSR count). The van der Waals surface area contributed by atoms with E-state index in [2.05, 4.69) is 28.9 Å². The maximum atomic E-state index is 12.8. The number of rotatable bonds is 7. The average Bonchev–Trinajstić information content (AvgIpc) is 2.75. The Morgan fingerprint density at radius 2 is 1.81 bits per heavy atom. The van der Waals surface area contributed by atoms with E-state index in [9.17, 15) is 4.79 Å². The summed E-state index contributed by atoms with van der Waals surface area (Å²) in [4.78, 5) is 17.0. The van der Waals surface area contributed by atoms with Crippen molar-refractivity contribution < 1.29 is 4.79 Å². The zero-order valence-corrected chi connectivity index (χ0v) is 16.5. The third-order valence-electron chi connectivity index (χ3n) is 5.36. The highest BCUT2D eigenvalue weighted by molar-refractivity contribution is 5.79. The zero-order chi connectivity index (χ0) is 19.1. The minimum absolute atomic E-state index is 0.148. The van der Waals surface area contributed by atoms with Crippen molar-refractivity contribution in [2.45, 2.75) is 39.5 Å². The molecular formula is C22H30N4O. The number of benzene rings is 1. The monoisotopic (exact) mass is 366 g/mol. The number of hydrogen-bond donors (Lipinski definition) is 0. The predicted octanol–water partition coefficient (Wildman–Crippen LogP) is 4.01. The molecular weight excluding hydrogens is 336 g/mol. The molecule has 1 amide bonds. The Morgan fingerprint density at radius 3 is 2.41 bits per heavy atom. The summed E-state index contributed by atoms with van der Waals surface area (Å²) in [6.45, 7) is 7.67. The van der Waals surface area contributed by atoms with Crippen LogP contribution in [0.4, 0.5) is 5.82 Å². The van der Waals surface area contributed by atoms with Crippen molar-refractivity contribution in [3.05, 3.63) is 42.5 Å². The molecule has 5 heteroatoms. The summed E-state index contributed by atoms with van der Waals surface area (Å²) < 4.78 is 0. The van der Waals surface area contributed by atoms with Gasteiger partial charge in [0.1, 0.15) is 0 Å². The quantitative estimate of drug-likeness (QED) is 0.743. The minimum atomic E-state index is 0.148. The third kappa shape index (κ3) is 4.85. The number of unbranched alkanes of at least 4 members (excludes halogenated alkanes) is 1. The number of nitrogens with zero attached hydrogens (tertiary/aromatic N) is 4. The highest BCUT2D eigenvalue weighted by Gasteiger charge is 2.28. The van der Waals surface area contributed by atoms with Gasteiger partial charge < -0.3 is 9.80 Å². The van der Waals surface area contributed by atoms with Crippen LogP contribution in [0.15, 0.2) is 42.5 Å². The van der Waals surface area contributed by atoms with Crippen molar-refractivity contribution in [1.82, 2.24) is 15.1 Å². The Morgan fingerprint density at radius 1 is 1.07 bits per heavy atom. The molecule has 0 spiro atoms. The summed E-state index contributed by atoms with van der Waals surface area (Å²) in [5.74, 6) is 1.38. The zero-order valence-electron chi connectivity index (χ0n) is 16.5. The summed E-state index contributed by atoms with van der Waals surface area (Å²) in [5, 5.41) is 8.81. The van der Waals surface area contributed by atoms with Gasteiger partial charge in [-0.2, -0.15) is 0 Å². The van der Waals surface area contributed by atoms with Gasteiger partial charge in [0.25, 0.3) is 0 Å². The fourth-order valence-electron chi connectivity index (χ4n) is 3.64. The largest absolute Gasteiger partial charge is 0.355 e. The third-order valence-corrected chi connectivity index (χ3v) is 5.36. The number of anilines is 1. The second-order valence-electron chi connectivity index (χ2n) is 7.18. The van der Waals surface area contributed by atoms with Crippen LogP contribution in [0, 0.1) is 5.92 Å². The molecule has 2 heterocycles. The van der Waals surface area contributed by atoms with E-state index in [0.29, 0.717) is 5.91 Å². The normalized spacial score (nSPS) is 15.0. The molecule has 0 N–H and O–H groups in total. The van der Waals surface area contributed by atoms with Gasteiger partial charge in [-0.1, -0.05) is 43.7 Å². The number of piperidine rings is 1. The van der Waals surface area contributed by atoms with Gasteiger partial charge in [-0.25, -0.2) is 0 Å². The lowest BCUT2D eigenvalue weighted by Crippen LogP contribution is -2.43. The van der Waals surface area contributed by atoms with Crippen molar-refractivity contribution in [3.63, 3.8) is 0 Å². The number of hydrogen-bond acceptors (Lipinski definition) is 4. The molecule has 0 saturated carbocycles. The van der Waals surface area contributed by atoms with Crippen LogP contribution in [0.25, 0.3) is 11.3 Å². The van der Waals surface area contributed by atoms with E-state index < -0.39 is 0 Å². The first kappa shape index (κ1) is 19.3. The average molecular weight is 367 g/mol. The lowest BCUT2D eigenvalue weighted by atomic mass is 9.95. The second kappa shape index (κ2) is 9.49. The molecule has 5 nitrogen and oxygen atoms in total. The molecule has 1 saturated heterocycles. The van der Waals surface area contributed by atoms with E-state index in [1.165, 1.54) is 0 Å². The molecule has 2 aromatic rings. The van der Waals surface area contributed by atoms with Crippen LogP contribution >= 0.6 is 0 Å². The maximum Gasteiger partial charge on any atom is 0.225 e. The van der Waals surface area contributed by atoms with Gasteiger partial charge in [0.05, 0.1) is 5.69 Å². The van der Waals surface area contributed by atoms with Gasteiger partial charge >= 0.3 is 0 Å². The molecule has 0 radical (unpaired) electrons. The second-order valence-corrected chi connectivity index (χ2v) is 7.18. The fourth-order valence-corrected chi connectivity index (χ4v) is 3.64. The highest BCUT2D eigenvalue weighted by atomic mass is 16.2. The van der Waals surface area contributed by atoms with Crippen LogP contribution < -0.4 is 4.90 Å². The van der Waals surface area contributed by atoms with E-state index in [0.717, 1.165) is 68.9 Å². The van der Waals surface area contributed by atoms with Crippen molar-refractivity contribution in [3.8, 4) is 11.3 Å².